The molecule has 1 heterocycles. The van der Waals surface area contributed by atoms with Crippen LogP contribution in [-0.2, 0) is 6.42 Å². The summed E-state index contributed by atoms with van der Waals surface area (Å²) in [6.45, 7) is 4.61. The molecule has 1 fully saturated rings. The predicted molar refractivity (Wildman–Crippen MR) is 104 cm³/mol. The van der Waals surface area contributed by atoms with Gasteiger partial charge in [-0.15, -0.1) is 24.0 Å². The minimum atomic E-state index is -0.194. The molecule has 1 aromatic carbocycles. The van der Waals surface area contributed by atoms with Crippen LogP contribution in [0, 0.1) is 11.7 Å². The zero-order valence-electron chi connectivity index (χ0n) is 13.4. The molecule has 0 radical (unpaired) electrons. The summed E-state index contributed by atoms with van der Waals surface area (Å²) in [5, 5.41) is 7.58. The number of halogens is 2. The van der Waals surface area contributed by atoms with Crippen molar-refractivity contribution in [3.63, 3.8) is 0 Å². The van der Waals surface area contributed by atoms with Crippen LogP contribution in [0.15, 0.2) is 29.4 Å². The SMILES string of the molecule is CCNC(=NCC1CC1)NCCc1c[nH]c2ccc(F)cc12.I. The van der Waals surface area contributed by atoms with Gasteiger partial charge in [0.05, 0.1) is 0 Å². The van der Waals surface area contributed by atoms with Gasteiger partial charge in [-0.05, 0) is 55.9 Å². The van der Waals surface area contributed by atoms with Crippen LogP contribution >= 0.6 is 24.0 Å². The molecule has 0 unspecified atom stereocenters. The van der Waals surface area contributed by atoms with Gasteiger partial charge in [-0.2, -0.15) is 0 Å². The Kier molecular flexibility index (Phi) is 6.68. The predicted octanol–water partition coefficient (Wildman–Crippen LogP) is 3.43. The zero-order chi connectivity index (χ0) is 15.4. The lowest BCUT2D eigenvalue weighted by atomic mass is 10.1. The first-order valence-corrected chi connectivity index (χ1v) is 8.04. The third-order valence-electron chi connectivity index (χ3n) is 3.96. The first kappa shape index (κ1) is 18.0. The Morgan fingerprint density at radius 2 is 2.17 bits per heavy atom. The van der Waals surface area contributed by atoms with E-state index in [4.69, 9.17) is 0 Å². The summed E-state index contributed by atoms with van der Waals surface area (Å²) in [4.78, 5) is 7.78. The van der Waals surface area contributed by atoms with E-state index in [1.165, 1.54) is 18.9 Å². The molecule has 6 heteroatoms. The monoisotopic (exact) mass is 430 g/mol. The highest BCUT2D eigenvalue weighted by Crippen LogP contribution is 2.28. The van der Waals surface area contributed by atoms with Crippen molar-refractivity contribution in [2.24, 2.45) is 10.9 Å². The van der Waals surface area contributed by atoms with E-state index < -0.39 is 0 Å². The molecule has 1 aromatic heterocycles. The van der Waals surface area contributed by atoms with Crippen LogP contribution in [0.25, 0.3) is 10.9 Å². The Balaban J connectivity index is 0.00000192. The van der Waals surface area contributed by atoms with Crippen molar-refractivity contribution in [2.75, 3.05) is 19.6 Å². The van der Waals surface area contributed by atoms with Gasteiger partial charge < -0.3 is 15.6 Å². The molecule has 3 N–H and O–H groups in total. The van der Waals surface area contributed by atoms with Crippen molar-refractivity contribution < 1.29 is 4.39 Å². The summed E-state index contributed by atoms with van der Waals surface area (Å²) in [6, 6.07) is 4.85. The number of nitrogens with zero attached hydrogens (tertiary/aromatic N) is 1. The van der Waals surface area contributed by atoms with Gasteiger partial charge in [0.25, 0.3) is 0 Å². The minimum absolute atomic E-state index is 0. The Morgan fingerprint density at radius 3 is 2.91 bits per heavy atom. The summed E-state index contributed by atoms with van der Waals surface area (Å²) < 4.78 is 13.4. The molecule has 1 aliphatic carbocycles. The van der Waals surface area contributed by atoms with Crippen molar-refractivity contribution >= 4 is 40.8 Å². The molecule has 3 rings (SSSR count). The van der Waals surface area contributed by atoms with Crippen LogP contribution in [0.3, 0.4) is 0 Å². The number of hydrogen-bond donors (Lipinski definition) is 3. The lowest BCUT2D eigenvalue weighted by Gasteiger charge is -2.11. The Bertz CT molecular complexity index is 664. The molecule has 0 saturated heterocycles. The average molecular weight is 430 g/mol. The molecule has 4 nitrogen and oxygen atoms in total. The minimum Gasteiger partial charge on any atom is -0.361 e. The van der Waals surface area contributed by atoms with Gasteiger partial charge in [0, 0.05) is 36.7 Å². The van der Waals surface area contributed by atoms with Gasteiger partial charge in [0.1, 0.15) is 5.82 Å². The van der Waals surface area contributed by atoms with Crippen molar-refractivity contribution in [3.05, 3.63) is 35.8 Å². The highest BCUT2D eigenvalue weighted by Gasteiger charge is 2.20. The van der Waals surface area contributed by atoms with E-state index in [0.717, 1.165) is 54.4 Å². The largest absolute Gasteiger partial charge is 0.361 e. The molecular formula is C17H24FIN4. The number of hydrogen-bond acceptors (Lipinski definition) is 1. The fourth-order valence-electron chi connectivity index (χ4n) is 2.54. The van der Waals surface area contributed by atoms with E-state index in [9.17, 15) is 4.39 Å². The number of nitrogens with one attached hydrogen (secondary N) is 3. The van der Waals surface area contributed by atoms with Crippen LogP contribution in [0.1, 0.15) is 25.3 Å². The van der Waals surface area contributed by atoms with Crippen LogP contribution in [0.5, 0.6) is 0 Å². The molecule has 23 heavy (non-hydrogen) atoms. The Hall–Kier alpha value is -1.31. The van der Waals surface area contributed by atoms with E-state index in [0.29, 0.717) is 0 Å². The quantitative estimate of drug-likeness (QED) is 0.374. The normalized spacial score (nSPS) is 14.6. The van der Waals surface area contributed by atoms with Crippen LogP contribution < -0.4 is 10.6 Å². The molecule has 2 aromatic rings. The highest BCUT2D eigenvalue weighted by atomic mass is 127. The maximum absolute atomic E-state index is 13.4. The van der Waals surface area contributed by atoms with Crippen molar-refractivity contribution in [1.29, 1.82) is 0 Å². The summed E-state index contributed by atoms with van der Waals surface area (Å²) in [5.41, 5.74) is 2.10. The lowest BCUT2D eigenvalue weighted by Crippen LogP contribution is -2.38. The Labute approximate surface area is 153 Å². The highest BCUT2D eigenvalue weighted by molar-refractivity contribution is 14.0. The van der Waals surface area contributed by atoms with E-state index in [2.05, 4.69) is 27.5 Å². The second kappa shape index (κ2) is 8.52. The van der Waals surface area contributed by atoms with Gasteiger partial charge in [-0.25, -0.2) is 4.39 Å². The molecule has 1 aliphatic rings. The van der Waals surface area contributed by atoms with Crippen molar-refractivity contribution in [3.8, 4) is 0 Å². The number of H-pyrrole nitrogens is 1. The lowest BCUT2D eigenvalue weighted by molar-refractivity contribution is 0.629. The van der Waals surface area contributed by atoms with E-state index >= 15 is 0 Å². The second-order valence-corrected chi connectivity index (χ2v) is 5.84. The molecule has 126 valence electrons. The zero-order valence-corrected chi connectivity index (χ0v) is 15.7. The fourth-order valence-corrected chi connectivity index (χ4v) is 2.54. The molecule has 1 saturated carbocycles. The van der Waals surface area contributed by atoms with E-state index in [1.54, 1.807) is 12.1 Å². The average Bonchev–Trinajstić information content (AvgIpc) is 3.26. The number of aromatic amines is 1. The van der Waals surface area contributed by atoms with Gasteiger partial charge in [-0.1, -0.05) is 0 Å². The molecule has 0 spiro atoms. The number of fused-ring (bicyclic) bond motifs is 1. The first-order valence-electron chi connectivity index (χ1n) is 8.04. The van der Waals surface area contributed by atoms with Crippen molar-refractivity contribution in [2.45, 2.75) is 26.2 Å². The van der Waals surface area contributed by atoms with E-state index in [-0.39, 0.29) is 29.8 Å². The number of guanidine groups is 1. The van der Waals surface area contributed by atoms with Crippen LogP contribution in [0.2, 0.25) is 0 Å². The second-order valence-electron chi connectivity index (χ2n) is 5.84. The van der Waals surface area contributed by atoms with Gasteiger partial charge in [0.15, 0.2) is 5.96 Å². The first-order chi connectivity index (χ1) is 10.8. The summed E-state index contributed by atoms with van der Waals surface area (Å²) >= 11 is 0. The third-order valence-corrected chi connectivity index (χ3v) is 3.96. The number of aliphatic imine (C=N–C) groups is 1. The fraction of sp³-hybridized carbons (Fsp3) is 0.471. The summed E-state index contributed by atoms with van der Waals surface area (Å²) in [6.07, 6.45) is 5.41. The van der Waals surface area contributed by atoms with Crippen LogP contribution in [-0.4, -0.2) is 30.6 Å². The van der Waals surface area contributed by atoms with Crippen LogP contribution in [0.4, 0.5) is 4.39 Å². The number of aromatic nitrogens is 1. The smallest absolute Gasteiger partial charge is 0.191 e. The van der Waals surface area contributed by atoms with Gasteiger partial charge in [0.2, 0.25) is 0 Å². The third kappa shape index (κ3) is 5.09. The topological polar surface area (TPSA) is 52.2 Å². The van der Waals surface area contributed by atoms with Gasteiger partial charge >= 0.3 is 0 Å². The maximum atomic E-state index is 13.4. The molecule has 0 aliphatic heterocycles. The standard InChI is InChI=1S/C17H23FN4.HI/c1-2-19-17(22-10-12-3-4-12)20-8-7-13-11-21-16-6-5-14(18)9-15(13)16;/h5-6,9,11-12,21H,2-4,7-8,10H2,1H3,(H2,19,20,22);1H. The van der Waals surface area contributed by atoms with E-state index in [1.807, 2.05) is 6.20 Å². The summed E-state index contributed by atoms with van der Waals surface area (Å²) in [7, 11) is 0. The maximum Gasteiger partial charge on any atom is 0.191 e. The number of rotatable bonds is 6. The number of benzene rings is 1. The summed E-state index contributed by atoms with van der Waals surface area (Å²) in [5.74, 6) is 1.47. The van der Waals surface area contributed by atoms with Gasteiger partial charge in [-0.3, -0.25) is 4.99 Å². The molecular weight excluding hydrogens is 406 g/mol. The molecule has 0 bridgehead atoms. The molecule has 0 atom stereocenters. The molecule has 0 amide bonds. The van der Waals surface area contributed by atoms with Crippen molar-refractivity contribution in [1.82, 2.24) is 15.6 Å². The Morgan fingerprint density at radius 1 is 1.35 bits per heavy atom.